The molecule has 6 heteroatoms. The number of Topliss-reactive ketones (excluding diaryl/α,β-unsaturated/α-hetero) is 1. The number of hydrogen-bond acceptors (Lipinski definition) is 6. The van der Waals surface area contributed by atoms with Gasteiger partial charge in [0.15, 0.2) is 11.6 Å². The van der Waals surface area contributed by atoms with Gasteiger partial charge in [-0.15, -0.1) is 0 Å². The molecule has 0 aromatic carbocycles. The predicted octanol–water partition coefficient (Wildman–Crippen LogP) is 5.19. The first-order chi connectivity index (χ1) is 16.1. The zero-order chi connectivity index (χ0) is 24.3. The van der Waals surface area contributed by atoms with Gasteiger partial charge < -0.3 is 5.11 Å². The van der Waals surface area contributed by atoms with Crippen molar-refractivity contribution in [1.82, 2.24) is 9.97 Å². The average molecular weight is 467 g/mol. The molecule has 34 heavy (non-hydrogen) atoms. The zero-order valence-electron chi connectivity index (χ0n) is 21.5. The maximum Gasteiger partial charge on any atom is 0.170 e. The van der Waals surface area contributed by atoms with Gasteiger partial charge >= 0.3 is 0 Å². The minimum Gasteiger partial charge on any atom is -0.390 e. The standard InChI is InChI=1S/C28H42N4O2/c1-18-25(31-15-14-30-18)32(29-5)17-24(33)23-9-8-21-20-7-6-19-16-26(2,34)12-13-27(19,3)22(20)10-11-28(21,23)4/h14-15,19-23,34H,5-13,16-17H2,1-4H3/t19-,20+,21+,22+,23-,26-,27+,28+/m1/s1. The Hall–Kier alpha value is -1.82. The highest BCUT2D eigenvalue weighted by atomic mass is 16.3. The molecular weight excluding hydrogens is 424 g/mol. The van der Waals surface area contributed by atoms with Gasteiger partial charge in [0.1, 0.15) is 6.54 Å². The lowest BCUT2D eigenvalue weighted by Crippen LogP contribution is -2.55. The highest BCUT2D eigenvalue weighted by Crippen LogP contribution is 2.68. The first-order valence-electron chi connectivity index (χ1n) is 13.4. The molecule has 4 saturated carbocycles. The van der Waals surface area contributed by atoms with E-state index in [-0.39, 0.29) is 23.7 Å². The van der Waals surface area contributed by atoms with Crippen LogP contribution in [0.2, 0.25) is 0 Å². The highest BCUT2D eigenvalue weighted by molar-refractivity contribution is 5.86. The Morgan fingerprint density at radius 1 is 1.06 bits per heavy atom. The van der Waals surface area contributed by atoms with Crippen molar-refractivity contribution in [1.29, 1.82) is 0 Å². The van der Waals surface area contributed by atoms with Crippen LogP contribution in [0.3, 0.4) is 0 Å². The van der Waals surface area contributed by atoms with Gasteiger partial charge in [0.2, 0.25) is 0 Å². The van der Waals surface area contributed by atoms with Gasteiger partial charge in [0.05, 0.1) is 11.3 Å². The fourth-order valence-corrected chi connectivity index (χ4v) is 9.06. The van der Waals surface area contributed by atoms with Crippen LogP contribution in [-0.4, -0.2) is 39.7 Å². The molecule has 0 bridgehead atoms. The van der Waals surface area contributed by atoms with Gasteiger partial charge in [-0.2, -0.15) is 5.10 Å². The fraction of sp³-hybridized carbons (Fsp3) is 0.786. The lowest BCUT2D eigenvalue weighted by atomic mass is 9.44. The molecule has 1 aromatic heterocycles. The number of aromatic nitrogens is 2. The number of hydrogen-bond donors (Lipinski definition) is 1. The Morgan fingerprint density at radius 3 is 2.53 bits per heavy atom. The van der Waals surface area contributed by atoms with Crippen LogP contribution in [0.4, 0.5) is 5.82 Å². The fourth-order valence-electron chi connectivity index (χ4n) is 9.06. The molecule has 5 rings (SSSR count). The lowest BCUT2D eigenvalue weighted by molar-refractivity contribution is -0.150. The summed E-state index contributed by atoms with van der Waals surface area (Å²) in [6.45, 7) is 12.8. The number of carbonyl (C=O) groups excluding carboxylic acids is 1. The van der Waals surface area contributed by atoms with E-state index in [9.17, 15) is 9.90 Å². The summed E-state index contributed by atoms with van der Waals surface area (Å²) >= 11 is 0. The lowest BCUT2D eigenvalue weighted by Gasteiger charge is -2.61. The highest BCUT2D eigenvalue weighted by Gasteiger charge is 2.61. The van der Waals surface area contributed by atoms with Gasteiger partial charge in [0.25, 0.3) is 0 Å². The summed E-state index contributed by atoms with van der Waals surface area (Å²) in [4.78, 5) is 22.4. The van der Waals surface area contributed by atoms with E-state index in [0.29, 0.717) is 23.1 Å². The van der Waals surface area contributed by atoms with E-state index in [0.717, 1.165) is 56.1 Å². The molecule has 6 nitrogen and oxygen atoms in total. The number of fused-ring (bicyclic) bond motifs is 5. The largest absolute Gasteiger partial charge is 0.390 e. The zero-order valence-corrected chi connectivity index (χ0v) is 21.5. The van der Waals surface area contributed by atoms with Crippen molar-refractivity contribution >= 4 is 18.3 Å². The third kappa shape index (κ3) is 3.71. The molecule has 1 heterocycles. The summed E-state index contributed by atoms with van der Waals surface area (Å²) in [5.41, 5.74) is 0.695. The molecule has 0 radical (unpaired) electrons. The van der Waals surface area contributed by atoms with Crippen molar-refractivity contribution in [2.75, 3.05) is 11.6 Å². The van der Waals surface area contributed by atoms with E-state index in [1.54, 1.807) is 17.4 Å². The van der Waals surface area contributed by atoms with Crippen molar-refractivity contribution in [3.05, 3.63) is 18.1 Å². The molecule has 4 aliphatic rings. The third-order valence-corrected chi connectivity index (χ3v) is 10.9. The Bertz CT molecular complexity index is 963. The van der Waals surface area contributed by atoms with Gasteiger partial charge in [0, 0.05) is 25.0 Å². The number of ketones is 1. The normalized spacial score (nSPS) is 43.4. The van der Waals surface area contributed by atoms with Crippen molar-refractivity contribution in [3.8, 4) is 0 Å². The average Bonchev–Trinajstić information content (AvgIpc) is 3.15. The molecule has 0 saturated heterocycles. The summed E-state index contributed by atoms with van der Waals surface area (Å²) < 4.78 is 0. The second-order valence-electron chi connectivity index (χ2n) is 12.7. The Kier molecular flexibility index (Phi) is 5.90. The topological polar surface area (TPSA) is 78.7 Å². The summed E-state index contributed by atoms with van der Waals surface area (Å²) in [7, 11) is 0. The van der Waals surface area contributed by atoms with Crippen LogP contribution in [0.1, 0.15) is 84.3 Å². The number of anilines is 1. The SMILES string of the molecule is C=NN(CC(=O)[C@H]1CC[C@H]2[C@@H]3CC[C@@H]4C[C@](C)(O)CC[C@]4(C)[C@H]3CC[C@]12C)c1nccnc1C. The summed E-state index contributed by atoms with van der Waals surface area (Å²) in [5.74, 6) is 3.70. The van der Waals surface area contributed by atoms with E-state index in [2.05, 4.69) is 35.6 Å². The number of aryl methyl sites for hydroxylation is 1. The molecule has 4 fully saturated rings. The van der Waals surface area contributed by atoms with E-state index in [1.165, 1.54) is 19.3 Å². The second-order valence-corrected chi connectivity index (χ2v) is 12.7. The van der Waals surface area contributed by atoms with Gasteiger partial charge in [-0.3, -0.25) is 9.78 Å². The maximum atomic E-state index is 13.7. The second kappa shape index (κ2) is 8.39. The third-order valence-electron chi connectivity index (χ3n) is 10.9. The monoisotopic (exact) mass is 466 g/mol. The van der Waals surface area contributed by atoms with Crippen molar-refractivity contribution < 1.29 is 9.90 Å². The minimum absolute atomic E-state index is 0.0753. The first-order valence-corrected chi connectivity index (χ1v) is 13.4. The van der Waals surface area contributed by atoms with Crippen LogP contribution in [0, 0.1) is 47.3 Å². The van der Waals surface area contributed by atoms with Gasteiger partial charge in [-0.05, 0) is 106 Å². The summed E-state index contributed by atoms with van der Waals surface area (Å²) in [6.07, 6.45) is 13.4. The van der Waals surface area contributed by atoms with Crippen LogP contribution < -0.4 is 5.01 Å². The van der Waals surface area contributed by atoms with Crippen LogP contribution in [0.15, 0.2) is 17.5 Å². The number of rotatable bonds is 5. The Morgan fingerprint density at radius 2 is 1.79 bits per heavy atom. The molecule has 0 spiro atoms. The van der Waals surface area contributed by atoms with Gasteiger partial charge in [-0.1, -0.05) is 13.8 Å². The van der Waals surface area contributed by atoms with Crippen LogP contribution >= 0.6 is 0 Å². The molecule has 0 unspecified atom stereocenters. The van der Waals surface area contributed by atoms with Gasteiger partial charge in [-0.25, -0.2) is 9.99 Å². The number of aliphatic hydroxyl groups is 1. The molecular formula is C28H42N4O2. The van der Waals surface area contributed by atoms with E-state index in [4.69, 9.17) is 0 Å². The first kappa shape index (κ1) is 23.9. The molecule has 4 aliphatic carbocycles. The molecule has 186 valence electrons. The summed E-state index contributed by atoms with van der Waals surface area (Å²) in [6, 6.07) is 0. The number of nitrogens with zero attached hydrogens (tertiary/aromatic N) is 4. The summed E-state index contributed by atoms with van der Waals surface area (Å²) in [5, 5.41) is 16.5. The van der Waals surface area contributed by atoms with Crippen molar-refractivity contribution in [3.63, 3.8) is 0 Å². The molecule has 1 N–H and O–H groups in total. The Labute approximate surface area is 204 Å². The minimum atomic E-state index is -0.488. The van der Waals surface area contributed by atoms with E-state index < -0.39 is 5.60 Å². The predicted molar refractivity (Wildman–Crippen MR) is 135 cm³/mol. The smallest absolute Gasteiger partial charge is 0.170 e. The Balaban J connectivity index is 1.33. The van der Waals surface area contributed by atoms with Crippen LogP contribution in [-0.2, 0) is 4.79 Å². The molecule has 8 atom stereocenters. The van der Waals surface area contributed by atoms with E-state index in [1.807, 2.05) is 13.8 Å². The maximum absolute atomic E-state index is 13.7. The van der Waals surface area contributed by atoms with Crippen LogP contribution in [0.5, 0.6) is 0 Å². The number of hydrazone groups is 1. The van der Waals surface area contributed by atoms with Crippen molar-refractivity contribution in [2.24, 2.45) is 45.5 Å². The quantitative estimate of drug-likeness (QED) is 0.477. The van der Waals surface area contributed by atoms with Crippen LogP contribution in [0.25, 0.3) is 0 Å². The van der Waals surface area contributed by atoms with Crippen molar-refractivity contribution in [2.45, 2.75) is 91.1 Å². The molecule has 0 amide bonds. The molecule has 0 aliphatic heterocycles. The molecule has 1 aromatic rings. The number of carbonyl (C=O) groups is 1. The van der Waals surface area contributed by atoms with E-state index >= 15 is 0 Å².